The zero-order valence-electron chi connectivity index (χ0n) is 8.49. The van der Waals surface area contributed by atoms with E-state index in [1.807, 2.05) is 0 Å². The molecule has 0 fully saturated rings. The molecule has 0 saturated heterocycles. The first kappa shape index (κ1) is 10.7. The van der Waals surface area contributed by atoms with Crippen molar-refractivity contribution in [2.24, 2.45) is 11.7 Å². The monoisotopic (exact) mass is 197 g/mol. The highest BCUT2D eigenvalue weighted by Crippen LogP contribution is 2.25. The highest BCUT2D eigenvalue weighted by molar-refractivity contribution is 7.10. The Hall–Kier alpha value is -0.340. The maximum Gasteiger partial charge on any atom is 0.0392 e. The molecule has 1 aromatic heterocycles. The summed E-state index contributed by atoms with van der Waals surface area (Å²) in [6.45, 7) is 4.49. The van der Waals surface area contributed by atoms with E-state index in [9.17, 15) is 0 Å². The number of hydrogen-bond acceptors (Lipinski definition) is 2. The Balaban J connectivity index is 2.45. The molecule has 1 aromatic rings. The van der Waals surface area contributed by atoms with Gasteiger partial charge in [-0.1, -0.05) is 32.8 Å². The van der Waals surface area contributed by atoms with Gasteiger partial charge in [-0.05, 0) is 23.8 Å². The molecule has 0 amide bonds. The lowest BCUT2D eigenvalue weighted by molar-refractivity contribution is 0.417. The van der Waals surface area contributed by atoms with Crippen LogP contribution < -0.4 is 5.73 Å². The third-order valence-electron chi connectivity index (χ3n) is 2.65. The zero-order chi connectivity index (χ0) is 9.68. The molecule has 1 heterocycles. The van der Waals surface area contributed by atoms with E-state index in [1.165, 1.54) is 17.7 Å². The van der Waals surface area contributed by atoms with Crippen molar-refractivity contribution in [2.75, 3.05) is 0 Å². The fraction of sp³-hybridized carbons (Fsp3) is 0.636. The van der Waals surface area contributed by atoms with E-state index in [0.717, 1.165) is 12.3 Å². The van der Waals surface area contributed by atoms with Crippen LogP contribution >= 0.6 is 11.3 Å². The van der Waals surface area contributed by atoms with E-state index in [1.54, 1.807) is 11.3 Å². The van der Waals surface area contributed by atoms with Gasteiger partial charge in [-0.2, -0.15) is 0 Å². The fourth-order valence-corrected chi connectivity index (χ4v) is 2.34. The Morgan fingerprint density at radius 2 is 2.08 bits per heavy atom. The van der Waals surface area contributed by atoms with Crippen LogP contribution in [-0.4, -0.2) is 0 Å². The Bertz CT molecular complexity index is 214. The molecule has 2 heteroatoms. The Morgan fingerprint density at radius 1 is 1.38 bits per heavy atom. The van der Waals surface area contributed by atoms with Gasteiger partial charge >= 0.3 is 0 Å². The highest BCUT2D eigenvalue weighted by Gasteiger charge is 2.12. The van der Waals surface area contributed by atoms with Crippen molar-refractivity contribution in [2.45, 2.75) is 39.2 Å². The Kier molecular flexibility index (Phi) is 4.46. The molecule has 0 unspecified atom stereocenters. The minimum atomic E-state index is 0.255. The molecule has 0 aliphatic carbocycles. The van der Waals surface area contributed by atoms with Crippen molar-refractivity contribution in [1.29, 1.82) is 0 Å². The topological polar surface area (TPSA) is 26.0 Å². The van der Waals surface area contributed by atoms with E-state index in [-0.39, 0.29) is 6.04 Å². The number of nitrogens with two attached hydrogens (primary N) is 1. The Labute approximate surface area is 85.0 Å². The lowest BCUT2D eigenvalue weighted by Crippen LogP contribution is -2.13. The van der Waals surface area contributed by atoms with Gasteiger partial charge in [0.05, 0.1) is 0 Å². The van der Waals surface area contributed by atoms with E-state index in [4.69, 9.17) is 5.73 Å². The van der Waals surface area contributed by atoms with Gasteiger partial charge in [-0.25, -0.2) is 0 Å². The van der Waals surface area contributed by atoms with Gasteiger partial charge in [0.15, 0.2) is 0 Å². The van der Waals surface area contributed by atoms with Gasteiger partial charge in [0.2, 0.25) is 0 Å². The van der Waals surface area contributed by atoms with Gasteiger partial charge < -0.3 is 5.73 Å². The van der Waals surface area contributed by atoms with Crippen molar-refractivity contribution < 1.29 is 0 Å². The van der Waals surface area contributed by atoms with Crippen LogP contribution in [0.3, 0.4) is 0 Å². The molecule has 0 saturated carbocycles. The molecule has 0 aromatic carbocycles. The first-order chi connectivity index (χ1) is 6.27. The predicted octanol–water partition coefficient (Wildman–Crippen LogP) is 3.57. The molecule has 1 rings (SSSR count). The van der Waals surface area contributed by atoms with E-state index >= 15 is 0 Å². The molecule has 2 N–H and O–H groups in total. The third-order valence-corrected chi connectivity index (χ3v) is 3.65. The average molecular weight is 197 g/mol. The molecule has 0 radical (unpaired) electrons. The summed E-state index contributed by atoms with van der Waals surface area (Å²) in [6, 6.07) is 4.47. The van der Waals surface area contributed by atoms with Crippen LogP contribution in [0.1, 0.15) is 44.0 Å². The first-order valence-corrected chi connectivity index (χ1v) is 5.94. The van der Waals surface area contributed by atoms with Gasteiger partial charge in [0.25, 0.3) is 0 Å². The predicted molar refractivity (Wildman–Crippen MR) is 59.9 cm³/mol. The number of thiophene rings is 1. The van der Waals surface area contributed by atoms with Crippen LogP contribution in [0, 0.1) is 5.92 Å². The van der Waals surface area contributed by atoms with E-state index in [0.29, 0.717) is 0 Å². The highest BCUT2D eigenvalue weighted by atomic mass is 32.1. The lowest BCUT2D eigenvalue weighted by Gasteiger charge is -2.16. The van der Waals surface area contributed by atoms with Crippen molar-refractivity contribution in [3.8, 4) is 0 Å². The summed E-state index contributed by atoms with van der Waals surface area (Å²) >= 11 is 1.77. The third kappa shape index (κ3) is 3.12. The molecule has 0 bridgehead atoms. The summed E-state index contributed by atoms with van der Waals surface area (Å²) in [5, 5.41) is 2.10. The average Bonchev–Trinajstić information content (AvgIpc) is 2.66. The van der Waals surface area contributed by atoms with E-state index in [2.05, 4.69) is 31.4 Å². The van der Waals surface area contributed by atoms with E-state index < -0.39 is 0 Å². The summed E-state index contributed by atoms with van der Waals surface area (Å²) in [5.41, 5.74) is 6.10. The van der Waals surface area contributed by atoms with Crippen molar-refractivity contribution in [3.63, 3.8) is 0 Å². The normalized spacial score (nSPS) is 13.5. The van der Waals surface area contributed by atoms with Crippen LogP contribution in [0.4, 0.5) is 0 Å². The van der Waals surface area contributed by atoms with Gasteiger partial charge in [0.1, 0.15) is 0 Å². The molecule has 1 atom stereocenters. The lowest BCUT2D eigenvalue weighted by atomic mass is 9.94. The van der Waals surface area contributed by atoms with Crippen molar-refractivity contribution >= 4 is 11.3 Å². The molecule has 74 valence electrons. The van der Waals surface area contributed by atoms with Crippen LogP contribution in [-0.2, 0) is 0 Å². The summed E-state index contributed by atoms with van der Waals surface area (Å²) in [4.78, 5) is 1.33. The summed E-state index contributed by atoms with van der Waals surface area (Å²) < 4.78 is 0. The Morgan fingerprint density at radius 3 is 2.54 bits per heavy atom. The SMILES string of the molecule is CCC(CC)C[C@@H](N)c1cccs1. The molecular formula is C11H19NS. The van der Waals surface area contributed by atoms with Crippen LogP contribution in [0.15, 0.2) is 17.5 Å². The second kappa shape index (κ2) is 5.40. The van der Waals surface area contributed by atoms with Crippen LogP contribution in [0.25, 0.3) is 0 Å². The smallest absolute Gasteiger partial charge is 0.0392 e. The number of rotatable bonds is 5. The molecular weight excluding hydrogens is 178 g/mol. The minimum Gasteiger partial charge on any atom is -0.323 e. The fourth-order valence-electron chi connectivity index (χ4n) is 1.60. The molecule has 0 aliphatic rings. The van der Waals surface area contributed by atoms with Gasteiger partial charge in [0, 0.05) is 10.9 Å². The summed E-state index contributed by atoms with van der Waals surface area (Å²) in [7, 11) is 0. The van der Waals surface area contributed by atoms with Gasteiger partial charge in [-0.3, -0.25) is 0 Å². The largest absolute Gasteiger partial charge is 0.323 e. The number of hydrogen-bond donors (Lipinski definition) is 1. The van der Waals surface area contributed by atoms with Crippen molar-refractivity contribution in [3.05, 3.63) is 22.4 Å². The second-order valence-electron chi connectivity index (χ2n) is 3.54. The summed E-state index contributed by atoms with van der Waals surface area (Å²) in [5.74, 6) is 0.789. The molecule has 0 spiro atoms. The maximum absolute atomic E-state index is 6.10. The quantitative estimate of drug-likeness (QED) is 0.767. The van der Waals surface area contributed by atoms with Crippen LogP contribution in [0.5, 0.6) is 0 Å². The van der Waals surface area contributed by atoms with Crippen LogP contribution in [0.2, 0.25) is 0 Å². The molecule has 13 heavy (non-hydrogen) atoms. The minimum absolute atomic E-state index is 0.255. The second-order valence-corrected chi connectivity index (χ2v) is 4.52. The standard InChI is InChI=1S/C11H19NS/c1-3-9(4-2)8-10(12)11-6-5-7-13-11/h5-7,9-10H,3-4,8,12H2,1-2H3/t10-/m1/s1. The zero-order valence-corrected chi connectivity index (χ0v) is 9.31. The first-order valence-electron chi connectivity index (χ1n) is 5.06. The van der Waals surface area contributed by atoms with Gasteiger partial charge in [-0.15, -0.1) is 11.3 Å². The van der Waals surface area contributed by atoms with Crippen molar-refractivity contribution in [1.82, 2.24) is 0 Å². The summed E-state index contributed by atoms with van der Waals surface area (Å²) in [6.07, 6.45) is 3.62. The molecule has 1 nitrogen and oxygen atoms in total. The molecule has 0 aliphatic heterocycles. The maximum atomic E-state index is 6.10.